The number of anilines is 1. The lowest BCUT2D eigenvalue weighted by Gasteiger charge is -2.07. The number of rotatable bonds is 2. The van der Waals surface area contributed by atoms with Crippen LogP contribution < -0.4 is 11.2 Å². The third-order valence-electron chi connectivity index (χ3n) is 4.90. The summed E-state index contributed by atoms with van der Waals surface area (Å²) in [5.74, 6) is 6.09. The van der Waals surface area contributed by atoms with Crippen molar-refractivity contribution in [2.75, 3.05) is 5.73 Å². The molecule has 0 saturated heterocycles. The molecule has 0 amide bonds. The minimum absolute atomic E-state index is 0.170. The van der Waals surface area contributed by atoms with Crippen molar-refractivity contribution in [2.45, 2.75) is 6.18 Å². The van der Waals surface area contributed by atoms with Gasteiger partial charge in [-0.1, -0.05) is 30.0 Å². The number of benzene rings is 2. The molecule has 0 bridgehead atoms. The molecule has 7 nitrogen and oxygen atoms in total. The van der Waals surface area contributed by atoms with Gasteiger partial charge in [-0.15, -0.1) is 0 Å². The molecule has 33 heavy (non-hydrogen) atoms. The number of nitrogens with one attached hydrogen (secondary N) is 2. The minimum atomic E-state index is -4.55. The Morgan fingerprint density at radius 2 is 1.91 bits per heavy atom. The summed E-state index contributed by atoms with van der Waals surface area (Å²) < 4.78 is 40.4. The number of hydrogen-bond acceptors (Lipinski definition) is 5. The molecule has 0 saturated carbocycles. The summed E-state index contributed by atoms with van der Waals surface area (Å²) >= 11 is 0. The van der Waals surface area contributed by atoms with Gasteiger partial charge in [-0.25, -0.2) is 4.98 Å². The molecule has 166 valence electrons. The summed E-state index contributed by atoms with van der Waals surface area (Å²) in [6.45, 7) is 0. The Morgan fingerprint density at radius 1 is 1.12 bits per heavy atom. The van der Waals surface area contributed by atoms with Crippen LogP contribution >= 0.6 is 0 Å². The third-order valence-corrected chi connectivity index (χ3v) is 4.90. The second-order valence-corrected chi connectivity index (χ2v) is 7.18. The van der Waals surface area contributed by atoms with E-state index < -0.39 is 11.9 Å². The smallest absolute Gasteiger partial charge is 0.384 e. The average Bonchev–Trinajstić information content (AvgIpc) is 3.19. The van der Waals surface area contributed by atoms with E-state index in [1.807, 2.05) is 0 Å². The summed E-state index contributed by atoms with van der Waals surface area (Å²) in [5.41, 5.74) is 9.66. The fourth-order valence-electron chi connectivity index (χ4n) is 3.34. The predicted octanol–water partition coefficient (Wildman–Crippen LogP) is 3.94. The van der Waals surface area contributed by atoms with Gasteiger partial charge in [0.1, 0.15) is 11.7 Å². The summed E-state index contributed by atoms with van der Waals surface area (Å²) in [7, 11) is 1.45. The largest absolute Gasteiger partial charge is 0.435 e. The third kappa shape index (κ3) is 4.49. The van der Waals surface area contributed by atoms with Crippen LogP contribution in [0.2, 0.25) is 0 Å². The molecule has 0 unspecified atom stereocenters. The Morgan fingerprint density at radius 3 is 2.61 bits per heavy atom. The molecular formula is C23H17F3N6O. The first-order chi connectivity index (χ1) is 15.7. The van der Waals surface area contributed by atoms with Crippen molar-refractivity contribution >= 4 is 22.6 Å². The first-order valence-electron chi connectivity index (χ1n) is 9.58. The quantitative estimate of drug-likeness (QED) is 0.160. The number of nitrogens with two attached hydrogens (primary N) is 1. The van der Waals surface area contributed by atoms with Crippen LogP contribution in [0, 0.1) is 17.3 Å². The zero-order valence-electron chi connectivity index (χ0n) is 17.2. The van der Waals surface area contributed by atoms with Gasteiger partial charge in [0.2, 0.25) is 0 Å². The highest BCUT2D eigenvalue weighted by Crippen LogP contribution is 2.32. The van der Waals surface area contributed by atoms with Gasteiger partial charge in [-0.2, -0.15) is 18.3 Å². The minimum Gasteiger partial charge on any atom is -0.384 e. The van der Waals surface area contributed by atoms with E-state index in [9.17, 15) is 13.2 Å². The number of hydrogen-bond donors (Lipinski definition) is 4. The van der Waals surface area contributed by atoms with E-state index >= 15 is 0 Å². The number of aryl methyl sites for hydroxylation is 1. The van der Waals surface area contributed by atoms with Gasteiger partial charge in [0.25, 0.3) is 0 Å². The molecule has 2 aromatic carbocycles. The van der Waals surface area contributed by atoms with Crippen LogP contribution in [0.5, 0.6) is 0 Å². The van der Waals surface area contributed by atoms with Gasteiger partial charge in [-0.05, 0) is 36.4 Å². The highest BCUT2D eigenvalue weighted by atomic mass is 19.4. The van der Waals surface area contributed by atoms with Crippen molar-refractivity contribution in [3.63, 3.8) is 0 Å². The van der Waals surface area contributed by atoms with Crippen LogP contribution in [0.3, 0.4) is 0 Å². The molecule has 5 N–H and O–H groups in total. The van der Waals surface area contributed by atoms with Crippen LogP contribution in [-0.2, 0) is 13.2 Å². The lowest BCUT2D eigenvalue weighted by atomic mass is 10.0. The fraction of sp³-hybridized carbons (Fsp3) is 0.0870. The van der Waals surface area contributed by atoms with E-state index in [2.05, 4.69) is 21.9 Å². The molecule has 2 aromatic heterocycles. The number of nitrogen functional groups attached to an aromatic ring is 1. The highest BCUT2D eigenvalue weighted by molar-refractivity contribution is 5.96. The highest BCUT2D eigenvalue weighted by Gasteiger charge is 2.34. The topological polar surface area (TPSA) is 113 Å². The molecule has 0 spiro atoms. The van der Waals surface area contributed by atoms with Gasteiger partial charge >= 0.3 is 6.18 Å². The summed E-state index contributed by atoms with van der Waals surface area (Å²) in [5, 5.41) is 20.8. The molecule has 10 heteroatoms. The number of pyridine rings is 1. The van der Waals surface area contributed by atoms with Gasteiger partial charge < -0.3 is 5.73 Å². The molecule has 0 aliphatic heterocycles. The molecule has 2 heterocycles. The second-order valence-electron chi connectivity index (χ2n) is 7.18. The number of halogens is 3. The first kappa shape index (κ1) is 21.9. The van der Waals surface area contributed by atoms with E-state index in [0.29, 0.717) is 38.9 Å². The van der Waals surface area contributed by atoms with Crippen molar-refractivity contribution < 1.29 is 18.4 Å². The number of aromatic nitrogens is 3. The Bertz CT molecular complexity index is 1450. The van der Waals surface area contributed by atoms with E-state index in [-0.39, 0.29) is 11.7 Å². The van der Waals surface area contributed by atoms with Crippen LogP contribution in [0.25, 0.3) is 22.2 Å². The molecule has 0 aliphatic rings. The summed E-state index contributed by atoms with van der Waals surface area (Å²) in [6, 6.07) is 14.3. The summed E-state index contributed by atoms with van der Waals surface area (Å²) in [4.78, 5) is 4.28. The SMILES string of the molecule is Cn1nc(C(F)(F)F)cc1-c1ccc2nc(N)cc(C#Cc3cccc(C(=N)NO)c3)c2c1. The van der Waals surface area contributed by atoms with E-state index in [4.69, 9.17) is 16.4 Å². The van der Waals surface area contributed by atoms with Gasteiger partial charge in [0.15, 0.2) is 5.69 Å². The number of amidine groups is 1. The lowest BCUT2D eigenvalue weighted by Crippen LogP contribution is -2.18. The molecule has 0 fully saturated rings. The van der Waals surface area contributed by atoms with Gasteiger partial charge in [-0.3, -0.25) is 20.8 Å². The Balaban J connectivity index is 1.81. The number of hydroxylamine groups is 1. The fourth-order valence-corrected chi connectivity index (χ4v) is 3.34. The zero-order valence-corrected chi connectivity index (χ0v) is 17.2. The van der Waals surface area contributed by atoms with Crippen LogP contribution in [0.15, 0.2) is 54.6 Å². The summed E-state index contributed by atoms with van der Waals surface area (Å²) in [6.07, 6.45) is -4.55. The average molecular weight is 450 g/mol. The predicted molar refractivity (Wildman–Crippen MR) is 118 cm³/mol. The molecule has 0 radical (unpaired) electrons. The molecule has 4 aromatic rings. The van der Waals surface area contributed by atoms with Crippen molar-refractivity contribution in [3.8, 4) is 23.1 Å². The van der Waals surface area contributed by atoms with E-state index in [0.717, 1.165) is 6.07 Å². The van der Waals surface area contributed by atoms with E-state index in [1.165, 1.54) is 11.7 Å². The number of fused-ring (bicyclic) bond motifs is 1. The maximum atomic E-state index is 13.1. The van der Waals surface area contributed by atoms with Crippen molar-refractivity contribution in [1.29, 1.82) is 5.41 Å². The molecule has 0 atom stereocenters. The van der Waals surface area contributed by atoms with Gasteiger partial charge in [0.05, 0.1) is 11.2 Å². The maximum absolute atomic E-state index is 13.1. The van der Waals surface area contributed by atoms with Crippen LogP contribution in [0.1, 0.15) is 22.4 Å². The Hall–Kier alpha value is -4.36. The normalized spacial score (nSPS) is 11.2. The van der Waals surface area contributed by atoms with Crippen molar-refractivity contribution in [3.05, 3.63) is 77.0 Å². The number of alkyl halides is 3. The number of nitrogens with zero attached hydrogens (tertiary/aromatic N) is 3. The van der Waals surface area contributed by atoms with E-state index in [1.54, 1.807) is 54.0 Å². The molecule has 4 rings (SSSR count). The van der Waals surface area contributed by atoms with Crippen LogP contribution in [-0.4, -0.2) is 25.8 Å². The van der Waals surface area contributed by atoms with Crippen molar-refractivity contribution in [2.24, 2.45) is 7.05 Å². The van der Waals surface area contributed by atoms with Crippen molar-refractivity contribution in [1.82, 2.24) is 20.2 Å². The maximum Gasteiger partial charge on any atom is 0.435 e. The standard InChI is InChI=1S/C23H17F3N6O/c1-32-19(12-20(30-32)23(24,25)26)15-7-8-18-17(10-15)14(11-21(27)29-18)6-5-13-3-2-4-16(9-13)22(28)31-33/h2-4,7-12,33H,1H3,(H2,27,29)(H2,28,31). The first-order valence-corrected chi connectivity index (χ1v) is 9.58. The zero-order chi connectivity index (χ0) is 23.8. The molecular weight excluding hydrogens is 433 g/mol. The monoisotopic (exact) mass is 450 g/mol. The Labute approximate surface area is 186 Å². The van der Waals surface area contributed by atoms with Gasteiger partial charge in [0, 0.05) is 34.7 Å². The second kappa shape index (κ2) is 8.29. The lowest BCUT2D eigenvalue weighted by molar-refractivity contribution is -0.141. The van der Waals surface area contributed by atoms with Crippen LogP contribution in [0.4, 0.5) is 19.0 Å². The Kier molecular flexibility index (Phi) is 5.49. The molecule has 0 aliphatic carbocycles.